The first-order chi connectivity index (χ1) is 9.90. The summed E-state index contributed by atoms with van der Waals surface area (Å²) in [5, 5.41) is 12.9. The molecule has 2 saturated carbocycles. The Bertz CT molecular complexity index is 235. The summed E-state index contributed by atoms with van der Waals surface area (Å²) in [6, 6.07) is 1.55. The van der Waals surface area contributed by atoms with Gasteiger partial charge in [0.05, 0.1) is 0 Å². The van der Waals surface area contributed by atoms with Crippen molar-refractivity contribution in [3.8, 4) is 0 Å². The van der Waals surface area contributed by atoms with Crippen molar-refractivity contribution in [3.05, 3.63) is 0 Å². The molecule has 2 N–H and O–H groups in total. The van der Waals surface area contributed by atoms with Gasteiger partial charge in [0, 0.05) is 38.3 Å². The van der Waals surface area contributed by atoms with E-state index in [1.807, 2.05) is 0 Å². The van der Waals surface area contributed by atoms with Crippen molar-refractivity contribution in [1.29, 1.82) is 0 Å². The normalized spacial score (nSPS) is 22.5. The van der Waals surface area contributed by atoms with Crippen molar-refractivity contribution in [2.24, 2.45) is 0 Å². The van der Waals surface area contributed by atoms with Gasteiger partial charge in [-0.15, -0.1) is 0 Å². The second kappa shape index (κ2) is 9.75. The van der Waals surface area contributed by atoms with Gasteiger partial charge in [-0.3, -0.25) is 4.90 Å². The minimum Gasteiger partial charge on any atom is -0.396 e. The number of hydrogen-bond donors (Lipinski definition) is 2. The highest BCUT2D eigenvalue weighted by atomic mass is 16.3. The molecule has 0 aromatic carbocycles. The lowest BCUT2D eigenvalue weighted by Crippen LogP contribution is -2.43. The van der Waals surface area contributed by atoms with Crippen LogP contribution in [-0.4, -0.2) is 48.3 Å². The summed E-state index contributed by atoms with van der Waals surface area (Å²) in [7, 11) is 0. The molecular formula is C17H34N2O. The molecule has 118 valence electrons. The molecule has 2 aliphatic rings. The molecule has 3 nitrogen and oxygen atoms in total. The Kier molecular flexibility index (Phi) is 7.92. The van der Waals surface area contributed by atoms with Crippen molar-refractivity contribution < 1.29 is 5.11 Å². The van der Waals surface area contributed by atoms with Crippen LogP contribution < -0.4 is 5.32 Å². The molecule has 0 aromatic rings. The first-order valence-corrected chi connectivity index (χ1v) is 8.98. The van der Waals surface area contributed by atoms with E-state index in [1.54, 1.807) is 0 Å². The fraction of sp³-hybridized carbons (Fsp3) is 1.00. The van der Waals surface area contributed by atoms with Gasteiger partial charge >= 0.3 is 0 Å². The lowest BCUT2D eigenvalue weighted by Gasteiger charge is -2.35. The Morgan fingerprint density at radius 2 is 1.50 bits per heavy atom. The highest BCUT2D eigenvalue weighted by Crippen LogP contribution is 2.22. The molecule has 0 radical (unpaired) electrons. The summed E-state index contributed by atoms with van der Waals surface area (Å²) in [6.45, 7) is 3.71. The van der Waals surface area contributed by atoms with Gasteiger partial charge in [-0.25, -0.2) is 0 Å². The smallest absolute Gasteiger partial charge is 0.0443 e. The van der Waals surface area contributed by atoms with Crippen LogP contribution in [0.4, 0.5) is 0 Å². The maximum Gasteiger partial charge on any atom is 0.0443 e. The first kappa shape index (κ1) is 16.3. The van der Waals surface area contributed by atoms with Crippen LogP contribution in [0.25, 0.3) is 0 Å². The highest BCUT2D eigenvalue weighted by molar-refractivity contribution is 4.78. The van der Waals surface area contributed by atoms with E-state index in [0.717, 1.165) is 31.6 Å². The summed E-state index contributed by atoms with van der Waals surface area (Å²) < 4.78 is 0. The zero-order valence-electron chi connectivity index (χ0n) is 13.2. The van der Waals surface area contributed by atoms with E-state index in [-0.39, 0.29) is 0 Å². The minimum absolute atomic E-state index is 0.333. The number of nitrogens with one attached hydrogen (secondary N) is 1. The van der Waals surface area contributed by atoms with Gasteiger partial charge in [0.15, 0.2) is 0 Å². The third kappa shape index (κ3) is 5.71. The van der Waals surface area contributed by atoms with Crippen LogP contribution in [0.1, 0.15) is 70.6 Å². The lowest BCUT2D eigenvalue weighted by molar-refractivity contribution is 0.140. The van der Waals surface area contributed by atoms with Gasteiger partial charge < -0.3 is 10.4 Å². The molecule has 3 heteroatoms. The van der Waals surface area contributed by atoms with E-state index in [0.29, 0.717) is 6.61 Å². The SMILES string of the molecule is OCCCN(CCNC1CCCCC1)C1CCCCC1. The zero-order chi connectivity index (χ0) is 14.0. The fourth-order valence-electron chi connectivity index (χ4n) is 3.92. The number of aliphatic hydroxyl groups excluding tert-OH is 1. The summed E-state index contributed by atoms with van der Waals surface area (Å²) in [6.07, 6.45) is 14.9. The van der Waals surface area contributed by atoms with E-state index >= 15 is 0 Å². The number of aliphatic hydroxyl groups is 1. The lowest BCUT2D eigenvalue weighted by atomic mass is 9.94. The van der Waals surface area contributed by atoms with Crippen LogP contribution in [0.5, 0.6) is 0 Å². The Morgan fingerprint density at radius 3 is 2.15 bits per heavy atom. The second-order valence-corrected chi connectivity index (χ2v) is 6.69. The van der Waals surface area contributed by atoms with Crippen molar-refractivity contribution >= 4 is 0 Å². The van der Waals surface area contributed by atoms with Crippen molar-refractivity contribution in [3.63, 3.8) is 0 Å². The van der Waals surface area contributed by atoms with E-state index in [9.17, 15) is 0 Å². The molecule has 0 unspecified atom stereocenters. The van der Waals surface area contributed by atoms with Gasteiger partial charge in [0.1, 0.15) is 0 Å². The molecule has 0 bridgehead atoms. The minimum atomic E-state index is 0.333. The molecule has 2 rings (SSSR count). The largest absolute Gasteiger partial charge is 0.396 e. The number of hydrogen-bond acceptors (Lipinski definition) is 3. The molecule has 2 aliphatic carbocycles. The Hall–Kier alpha value is -0.120. The van der Waals surface area contributed by atoms with Crippen LogP contribution in [0, 0.1) is 0 Å². The van der Waals surface area contributed by atoms with Gasteiger partial charge in [-0.1, -0.05) is 38.5 Å². The summed E-state index contributed by atoms with van der Waals surface area (Å²) in [5.74, 6) is 0. The van der Waals surface area contributed by atoms with Crippen LogP contribution in [0.15, 0.2) is 0 Å². The molecule has 0 atom stereocenters. The van der Waals surface area contributed by atoms with Gasteiger partial charge in [0.2, 0.25) is 0 Å². The first-order valence-electron chi connectivity index (χ1n) is 8.98. The van der Waals surface area contributed by atoms with E-state index in [1.165, 1.54) is 70.8 Å². The van der Waals surface area contributed by atoms with Crippen LogP contribution in [0.3, 0.4) is 0 Å². The molecule has 2 fully saturated rings. The predicted octanol–water partition coefficient (Wildman–Crippen LogP) is 2.93. The van der Waals surface area contributed by atoms with Gasteiger partial charge in [-0.2, -0.15) is 0 Å². The summed E-state index contributed by atoms with van der Waals surface area (Å²) >= 11 is 0. The van der Waals surface area contributed by atoms with E-state index in [2.05, 4.69) is 10.2 Å². The third-order valence-corrected chi connectivity index (χ3v) is 5.13. The summed E-state index contributed by atoms with van der Waals surface area (Å²) in [5.41, 5.74) is 0. The number of nitrogens with zero attached hydrogens (tertiary/aromatic N) is 1. The van der Waals surface area contributed by atoms with Gasteiger partial charge in [-0.05, 0) is 32.1 Å². The standard InChI is InChI=1S/C17H34N2O/c20-15-7-13-19(17-10-5-2-6-11-17)14-12-18-16-8-3-1-4-9-16/h16-18,20H,1-15H2. The molecule has 0 spiro atoms. The van der Waals surface area contributed by atoms with Crippen molar-refractivity contribution in [1.82, 2.24) is 10.2 Å². The average molecular weight is 282 g/mol. The molecule has 0 aliphatic heterocycles. The van der Waals surface area contributed by atoms with Crippen LogP contribution in [-0.2, 0) is 0 Å². The predicted molar refractivity (Wildman–Crippen MR) is 85.0 cm³/mol. The molecular weight excluding hydrogens is 248 g/mol. The molecule has 0 heterocycles. The molecule has 20 heavy (non-hydrogen) atoms. The highest BCUT2D eigenvalue weighted by Gasteiger charge is 2.21. The molecule has 0 aromatic heterocycles. The van der Waals surface area contributed by atoms with Crippen molar-refractivity contribution in [2.45, 2.75) is 82.7 Å². The summed E-state index contributed by atoms with van der Waals surface area (Å²) in [4.78, 5) is 2.64. The quantitative estimate of drug-likeness (QED) is 0.718. The Balaban J connectivity index is 1.68. The maximum absolute atomic E-state index is 9.10. The third-order valence-electron chi connectivity index (χ3n) is 5.13. The van der Waals surface area contributed by atoms with Crippen molar-refractivity contribution in [2.75, 3.05) is 26.2 Å². The fourth-order valence-corrected chi connectivity index (χ4v) is 3.92. The Labute approximate surface area is 125 Å². The topological polar surface area (TPSA) is 35.5 Å². The zero-order valence-corrected chi connectivity index (χ0v) is 13.2. The molecule has 0 saturated heterocycles. The van der Waals surface area contributed by atoms with E-state index < -0.39 is 0 Å². The van der Waals surface area contributed by atoms with Crippen LogP contribution in [0.2, 0.25) is 0 Å². The Morgan fingerprint density at radius 1 is 0.850 bits per heavy atom. The van der Waals surface area contributed by atoms with E-state index in [4.69, 9.17) is 5.11 Å². The monoisotopic (exact) mass is 282 g/mol. The van der Waals surface area contributed by atoms with Gasteiger partial charge in [0.25, 0.3) is 0 Å². The molecule has 0 amide bonds. The second-order valence-electron chi connectivity index (χ2n) is 6.69. The number of rotatable bonds is 8. The maximum atomic E-state index is 9.10. The average Bonchev–Trinajstić information content (AvgIpc) is 2.52. The van der Waals surface area contributed by atoms with Crippen LogP contribution >= 0.6 is 0 Å².